The van der Waals surface area contributed by atoms with Crippen LogP contribution in [0.5, 0.6) is 0 Å². The van der Waals surface area contributed by atoms with Gasteiger partial charge in [0.1, 0.15) is 5.52 Å². The average molecular weight is 549 g/mol. The largest absolute Gasteiger partial charge is 0.377 e. The highest BCUT2D eigenvalue weighted by Crippen LogP contribution is 2.38. The Bertz CT molecular complexity index is 1240. The van der Waals surface area contributed by atoms with Gasteiger partial charge in [0.2, 0.25) is 5.95 Å². The van der Waals surface area contributed by atoms with E-state index in [-0.39, 0.29) is 6.04 Å². The SMILES string of the molecule is CCSc1nc(N[C@H](C)C2CCC2)c2c(n1)nc(N1CCOC[C@H]1c1ccccc1)n2C[C@H]1CC[C@H](C)CC1. The Morgan fingerprint density at radius 1 is 1.05 bits per heavy atom. The van der Waals surface area contributed by atoms with Crippen LogP contribution in [0.4, 0.5) is 11.8 Å². The lowest BCUT2D eigenvalue weighted by Gasteiger charge is -2.37. The number of anilines is 2. The average Bonchev–Trinajstić information content (AvgIpc) is 3.28. The number of imidazole rings is 1. The first kappa shape index (κ1) is 26.9. The standard InChI is InChI=1S/C31H44N6OS/c1-4-39-30-33-28(32-22(3)24-11-8-12-24)27-29(34-30)35-31(37(27)19-23-15-13-21(2)14-16-23)36-17-18-38-20-26(36)25-9-6-5-7-10-25/h5-7,9-10,21-24,26H,4,8,11-20H2,1-3H3,(H,32,33,34)/t21-,22-,23-,26+/m1/s1. The van der Waals surface area contributed by atoms with Crippen molar-refractivity contribution in [3.8, 4) is 0 Å². The van der Waals surface area contributed by atoms with Crippen LogP contribution in [0.25, 0.3) is 11.2 Å². The van der Waals surface area contributed by atoms with Crippen LogP contribution in [0.2, 0.25) is 0 Å². The summed E-state index contributed by atoms with van der Waals surface area (Å²) in [6, 6.07) is 11.3. The summed E-state index contributed by atoms with van der Waals surface area (Å²) in [5.74, 6) is 5.12. The number of aromatic nitrogens is 4. The molecule has 1 aliphatic heterocycles. The van der Waals surface area contributed by atoms with Gasteiger partial charge in [-0.1, -0.05) is 75.2 Å². The second-order valence-corrected chi connectivity index (χ2v) is 13.2. The van der Waals surface area contributed by atoms with E-state index in [2.05, 4.69) is 65.9 Å². The fourth-order valence-electron chi connectivity index (χ4n) is 6.53. The Kier molecular flexibility index (Phi) is 8.30. The molecule has 1 aromatic carbocycles. The van der Waals surface area contributed by atoms with E-state index in [1.165, 1.54) is 50.5 Å². The van der Waals surface area contributed by atoms with Crippen molar-refractivity contribution in [2.45, 2.75) is 89.5 Å². The molecule has 3 aliphatic rings. The molecule has 0 bridgehead atoms. The van der Waals surface area contributed by atoms with Crippen LogP contribution in [-0.4, -0.2) is 51.1 Å². The highest BCUT2D eigenvalue weighted by Gasteiger charge is 2.33. The van der Waals surface area contributed by atoms with E-state index in [1.54, 1.807) is 11.8 Å². The quantitative estimate of drug-likeness (QED) is 0.229. The van der Waals surface area contributed by atoms with Crippen molar-refractivity contribution >= 4 is 34.7 Å². The molecule has 3 heterocycles. The molecule has 7 nitrogen and oxygen atoms in total. The normalized spacial score (nSPS) is 25.0. The van der Waals surface area contributed by atoms with E-state index >= 15 is 0 Å². The van der Waals surface area contributed by atoms with Crippen molar-refractivity contribution in [2.75, 3.05) is 35.7 Å². The molecule has 2 saturated carbocycles. The maximum absolute atomic E-state index is 6.01. The molecule has 2 atom stereocenters. The van der Waals surface area contributed by atoms with Crippen molar-refractivity contribution in [3.63, 3.8) is 0 Å². The molecule has 1 N–H and O–H groups in total. The number of nitrogens with one attached hydrogen (secondary N) is 1. The number of hydrogen-bond donors (Lipinski definition) is 1. The third kappa shape index (κ3) is 5.78. The Hall–Kier alpha value is -2.32. The molecule has 39 heavy (non-hydrogen) atoms. The van der Waals surface area contributed by atoms with E-state index in [0.29, 0.717) is 25.2 Å². The van der Waals surface area contributed by atoms with Crippen molar-refractivity contribution in [1.29, 1.82) is 0 Å². The maximum atomic E-state index is 6.01. The van der Waals surface area contributed by atoms with E-state index in [1.807, 2.05) is 0 Å². The lowest BCUT2D eigenvalue weighted by atomic mass is 9.80. The number of fused-ring (bicyclic) bond motifs is 1. The number of benzene rings is 1. The third-order valence-corrected chi connectivity index (χ3v) is 9.93. The highest BCUT2D eigenvalue weighted by molar-refractivity contribution is 7.99. The van der Waals surface area contributed by atoms with Crippen LogP contribution in [0, 0.1) is 17.8 Å². The minimum absolute atomic E-state index is 0.129. The minimum atomic E-state index is 0.129. The second kappa shape index (κ2) is 12.0. The number of hydrogen-bond acceptors (Lipinski definition) is 7. The summed E-state index contributed by atoms with van der Waals surface area (Å²) in [7, 11) is 0. The van der Waals surface area contributed by atoms with Crippen molar-refractivity contribution < 1.29 is 4.74 Å². The number of morpholine rings is 1. The summed E-state index contributed by atoms with van der Waals surface area (Å²) in [4.78, 5) is 17.9. The predicted molar refractivity (Wildman–Crippen MR) is 161 cm³/mol. The molecule has 210 valence electrons. The number of ether oxygens (including phenoxy) is 1. The Morgan fingerprint density at radius 3 is 2.56 bits per heavy atom. The van der Waals surface area contributed by atoms with Crippen LogP contribution in [0.3, 0.4) is 0 Å². The zero-order valence-electron chi connectivity index (χ0n) is 23.8. The zero-order valence-corrected chi connectivity index (χ0v) is 24.6. The van der Waals surface area contributed by atoms with Crippen LogP contribution < -0.4 is 10.2 Å². The maximum Gasteiger partial charge on any atom is 0.208 e. The van der Waals surface area contributed by atoms with Gasteiger partial charge in [-0.3, -0.25) is 0 Å². The molecule has 8 heteroatoms. The smallest absolute Gasteiger partial charge is 0.208 e. The van der Waals surface area contributed by atoms with Crippen LogP contribution in [0.1, 0.15) is 77.3 Å². The molecule has 3 fully saturated rings. The van der Waals surface area contributed by atoms with E-state index in [4.69, 9.17) is 19.7 Å². The first-order chi connectivity index (χ1) is 19.1. The second-order valence-electron chi connectivity index (χ2n) is 11.9. The Labute approximate surface area is 237 Å². The molecular weight excluding hydrogens is 504 g/mol. The Morgan fingerprint density at radius 2 is 1.85 bits per heavy atom. The molecule has 2 aliphatic carbocycles. The first-order valence-corrected chi connectivity index (χ1v) is 16.2. The van der Waals surface area contributed by atoms with Gasteiger partial charge < -0.3 is 19.5 Å². The summed E-state index contributed by atoms with van der Waals surface area (Å²) in [6.07, 6.45) is 9.12. The van der Waals surface area contributed by atoms with Gasteiger partial charge >= 0.3 is 0 Å². The zero-order chi connectivity index (χ0) is 26.8. The summed E-state index contributed by atoms with van der Waals surface area (Å²) < 4.78 is 8.49. The third-order valence-electron chi connectivity index (χ3n) is 9.20. The van der Waals surface area contributed by atoms with Gasteiger partial charge in [0.05, 0.1) is 19.3 Å². The molecule has 6 rings (SSSR count). The lowest BCUT2D eigenvalue weighted by Crippen LogP contribution is -2.41. The minimum Gasteiger partial charge on any atom is -0.377 e. The van der Waals surface area contributed by atoms with E-state index in [9.17, 15) is 0 Å². The lowest BCUT2D eigenvalue weighted by molar-refractivity contribution is 0.0927. The Balaban J connectivity index is 1.46. The molecule has 2 aromatic heterocycles. The molecule has 0 spiro atoms. The van der Waals surface area contributed by atoms with Crippen LogP contribution in [0.15, 0.2) is 35.5 Å². The fraction of sp³-hybridized carbons (Fsp3) is 0.645. The van der Waals surface area contributed by atoms with Gasteiger partial charge in [-0.25, -0.2) is 9.97 Å². The van der Waals surface area contributed by atoms with Gasteiger partial charge in [-0.2, -0.15) is 4.98 Å². The molecule has 1 saturated heterocycles. The van der Waals surface area contributed by atoms with E-state index < -0.39 is 0 Å². The number of thioether (sulfide) groups is 1. The van der Waals surface area contributed by atoms with E-state index in [0.717, 1.165) is 58.8 Å². The molecule has 0 amide bonds. The molecule has 3 aromatic rings. The summed E-state index contributed by atoms with van der Waals surface area (Å²) >= 11 is 1.70. The van der Waals surface area contributed by atoms with Gasteiger partial charge in [0.25, 0.3) is 0 Å². The monoisotopic (exact) mass is 548 g/mol. The molecule has 0 radical (unpaired) electrons. The first-order valence-electron chi connectivity index (χ1n) is 15.2. The highest BCUT2D eigenvalue weighted by atomic mass is 32.2. The number of rotatable bonds is 9. The molecule has 0 unspecified atom stereocenters. The van der Waals surface area contributed by atoms with Crippen molar-refractivity contribution in [2.24, 2.45) is 17.8 Å². The van der Waals surface area contributed by atoms with Crippen molar-refractivity contribution in [1.82, 2.24) is 19.5 Å². The van der Waals surface area contributed by atoms with Gasteiger partial charge in [-0.05, 0) is 61.7 Å². The van der Waals surface area contributed by atoms with Gasteiger partial charge in [0, 0.05) is 19.1 Å². The van der Waals surface area contributed by atoms with Gasteiger partial charge in [0.15, 0.2) is 16.6 Å². The summed E-state index contributed by atoms with van der Waals surface area (Å²) in [5, 5.41) is 4.68. The molecular formula is C31H44N6OS. The predicted octanol–water partition coefficient (Wildman–Crippen LogP) is 6.94. The summed E-state index contributed by atoms with van der Waals surface area (Å²) in [6.45, 7) is 10.0. The summed E-state index contributed by atoms with van der Waals surface area (Å²) in [5.41, 5.74) is 3.17. The van der Waals surface area contributed by atoms with Crippen LogP contribution >= 0.6 is 11.8 Å². The number of nitrogens with zero attached hydrogens (tertiary/aromatic N) is 5. The topological polar surface area (TPSA) is 68.1 Å². The van der Waals surface area contributed by atoms with Crippen molar-refractivity contribution in [3.05, 3.63) is 35.9 Å². The fourth-order valence-corrected chi connectivity index (χ4v) is 7.09. The van der Waals surface area contributed by atoms with Gasteiger partial charge in [-0.15, -0.1) is 0 Å². The van der Waals surface area contributed by atoms with Crippen LogP contribution in [-0.2, 0) is 11.3 Å².